The summed E-state index contributed by atoms with van der Waals surface area (Å²) in [5.74, 6) is 5.94. The first-order valence-corrected chi connectivity index (χ1v) is 6.23. The van der Waals surface area contributed by atoms with Crippen LogP contribution in [0.3, 0.4) is 0 Å². The number of aromatic nitrogens is 2. The first-order valence-electron chi connectivity index (χ1n) is 5.43. The highest BCUT2D eigenvalue weighted by atomic mass is 79.9. The number of hydrazine groups is 1. The number of ether oxygens (including phenoxy) is 1. The Morgan fingerprint density at radius 3 is 2.85 bits per heavy atom. The zero-order valence-corrected chi connectivity index (χ0v) is 11.9. The molecule has 8 nitrogen and oxygen atoms in total. The predicted molar refractivity (Wildman–Crippen MR) is 75.4 cm³/mol. The fourth-order valence-corrected chi connectivity index (χ4v) is 1.96. The maximum atomic E-state index is 11.0. The quantitative estimate of drug-likeness (QED) is 0.499. The van der Waals surface area contributed by atoms with Crippen LogP contribution in [0, 0.1) is 17.0 Å². The summed E-state index contributed by atoms with van der Waals surface area (Å²) in [5.41, 5.74) is 2.77. The molecular weight excluding hydrogens is 330 g/mol. The Balaban J connectivity index is 2.48. The van der Waals surface area contributed by atoms with Crippen LogP contribution in [0.2, 0.25) is 0 Å². The first kappa shape index (κ1) is 14.2. The Morgan fingerprint density at radius 2 is 2.20 bits per heavy atom. The van der Waals surface area contributed by atoms with Gasteiger partial charge in [0, 0.05) is 6.07 Å². The van der Waals surface area contributed by atoms with Gasteiger partial charge in [-0.1, -0.05) is 6.07 Å². The van der Waals surface area contributed by atoms with Crippen molar-refractivity contribution >= 4 is 27.4 Å². The molecule has 0 fully saturated rings. The summed E-state index contributed by atoms with van der Waals surface area (Å²) >= 11 is 3.22. The van der Waals surface area contributed by atoms with Gasteiger partial charge in [0.25, 0.3) is 0 Å². The fraction of sp³-hybridized carbons (Fsp3) is 0.0909. The maximum Gasteiger partial charge on any atom is 0.312 e. The van der Waals surface area contributed by atoms with Crippen LogP contribution >= 0.6 is 15.9 Å². The second-order valence-corrected chi connectivity index (χ2v) is 4.60. The number of nitrogens with zero attached hydrogens (tertiary/aromatic N) is 3. The Labute approximate surface area is 122 Å². The smallest absolute Gasteiger partial charge is 0.312 e. The van der Waals surface area contributed by atoms with Gasteiger partial charge in [0.1, 0.15) is 12.1 Å². The normalized spacial score (nSPS) is 10.2. The van der Waals surface area contributed by atoms with Crippen molar-refractivity contribution in [2.45, 2.75) is 6.92 Å². The van der Waals surface area contributed by atoms with Gasteiger partial charge < -0.3 is 10.2 Å². The van der Waals surface area contributed by atoms with Crippen LogP contribution in [-0.2, 0) is 0 Å². The molecule has 0 unspecified atom stereocenters. The number of rotatable bonds is 4. The summed E-state index contributed by atoms with van der Waals surface area (Å²) in [4.78, 5) is 18.3. The van der Waals surface area contributed by atoms with Crippen LogP contribution in [0.4, 0.5) is 11.5 Å². The standard InChI is InChI=1S/C11H10BrN5O3/c1-6-10(16-13)14-5-15-11(6)20-9-7(12)3-2-4-8(9)17(18)19/h2-5H,13H2,1H3,(H,14,15,16). The third-order valence-electron chi connectivity index (χ3n) is 2.52. The van der Waals surface area contributed by atoms with E-state index in [1.165, 1.54) is 12.4 Å². The van der Waals surface area contributed by atoms with Gasteiger partial charge >= 0.3 is 5.69 Å². The summed E-state index contributed by atoms with van der Waals surface area (Å²) in [5, 5.41) is 11.0. The zero-order valence-electron chi connectivity index (χ0n) is 10.3. The van der Waals surface area contributed by atoms with E-state index < -0.39 is 4.92 Å². The van der Waals surface area contributed by atoms with Crippen molar-refractivity contribution in [3.63, 3.8) is 0 Å². The molecule has 1 aromatic heterocycles. The second-order valence-electron chi connectivity index (χ2n) is 3.74. The van der Waals surface area contributed by atoms with Crippen molar-refractivity contribution in [1.82, 2.24) is 9.97 Å². The Hall–Kier alpha value is -2.26. The van der Waals surface area contributed by atoms with Gasteiger partial charge in [-0.2, -0.15) is 0 Å². The molecule has 1 aromatic carbocycles. The van der Waals surface area contributed by atoms with E-state index >= 15 is 0 Å². The van der Waals surface area contributed by atoms with E-state index in [4.69, 9.17) is 10.6 Å². The van der Waals surface area contributed by atoms with Gasteiger partial charge in [-0.3, -0.25) is 10.1 Å². The molecule has 20 heavy (non-hydrogen) atoms. The van der Waals surface area contributed by atoms with Gasteiger partial charge in [-0.05, 0) is 28.9 Å². The van der Waals surface area contributed by atoms with Crippen molar-refractivity contribution < 1.29 is 9.66 Å². The molecule has 0 aliphatic rings. The molecule has 9 heteroatoms. The van der Waals surface area contributed by atoms with Crippen LogP contribution in [0.15, 0.2) is 29.0 Å². The molecule has 1 heterocycles. The molecule has 3 N–H and O–H groups in total. The van der Waals surface area contributed by atoms with Gasteiger partial charge in [0.15, 0.2) is 0 Å². The molecule has 0 saturated heterocycles. The molecule has 2 aromatic rings. The Morgan fingerprint density at radius 1 is 1.45 bits per heavy atom. The summed E-state index contributed by atoms with van der Waals surface area (Å²) in [6.07, 6.45) is 1.25. The molecule has 0 amide bonds. The van der Waals surface area contributed by atoms with E-state index in [2.05, 4.69) is 31.3 Å². The molecule has 0 aliphatic heterocycles. The minimum absolute atomic E-state index is 0.0715. The van der Waals surface area contributed by atoms with Crippen LogP contribution in [0.5, 0.6) is 11.6 Å². The van der Waals surface area contributed by atoms with Gasteiger partial charge in [-0.25, -0.2) is 15.8 Å². The molecule has 2 rings (SSSR count). The molecule has 0 radical (unpaired) electrons. The van der Waals surface area contributed by atoms with E-state index in [9.17, 15) is 10.1 Å². The third-order valence-corrected chi connectivity index (χ3v) is 3.14. The van der Waals surface area contributed by atoms with Crippen molar-refractivity contribution in [2.24, 2.45) is 5.84 Å². The number of nitrogens with one attached hydrogen (secondary N) is 1. The van der Waals surface area contributed by atoms with Gasteiger partial charge in [0.2, 0.25) is 11.6 Å². The number of benzene rings is 1. The number of nitro benzene ring substituents is 1. The highest BCUT2D eigenvalue weighted by Crippen LogP contribution is 2.38. The monoisotopic (exact) mass is 339 g/mol. The van der Waals surface area contributed by atoms with Crippen LogP contribution < -0.4 is 16.0 Å². The first-order chi connectivity index (χ1) is 9.54. The number of nitrogen functional groups attached to an aromatic ring is 1. The number of para-hydroxylation sites is 1. The van der Waals surface area contributed by atoms with Crippen molar-refractivity contribution in [3.05, 3.63) is 44.7 Å². The lowest BCUT2D eigenvalue weighted by atomic mass is 10.3. The predicted octanol–water partition coefficient (Wildman–Crippen LogP) is 2.53. The molecule has 104 valence electrons. The molecule has 0 atom stereocenters. The zero-order chi connectivity index (χ0) is 14.7. The fourth-order valence-electron chi connectivity index (χ4n) is 1.52. The lowest BCUT2D eigenvalue weighted by Gasteiger charge is -2.11. The van der Waals surface area contributed by atoms with Crippen LogP contribution in [0.1, 0.15) is 5.56 Å². The molecular formula is C11H10BrN5O3. The highest BCUT2D eigenvalue weighted by Gasteiger charge is 2.20. The number of hydrogen-bond donors (Lipinski definition) is 2. The largest absolute Gasteiger partial charge is 0.430 e. The second kappa shape index (κ2) is 5.80. The summed E-state index contributed by atoms with van der Waals surface area (Å²) in [7, 11) is 0. The number of halogens is 1. The molecule has 0 bridgehead atoms. The summed E-state index contributed by atoms with van der Waals surface area (Å²) < 4.78 is 5.99. The number of anilines is 1. The third kappa shape index (κ3) is 2.68. The lowest BCUT2D eigenvalue weighted by Crippen LogP contribution is -2.11. The van der Waals surface area contributed by atoms with Crippen LogP contribution in [-0.4, -0.2) is 14.9 Å². The van der Waals surface area contributed by atoms with E-state index in [1.54, 1.807) is 19.1 Å². The summed E-state index contributed by atoms with van der Waals surface area (Å²) in [6, 6.07) is 4.54. The molecule has 0 spiro atoms. The Bertz CT molecular complexity index is 665. The SMILES string of the molecule is Cc1c(NN)ncnc1Oc1c(Br)cccc1[N+](=O)[O-]. The molecule has 0 saturated carbocycles. The average molecular weight is 340 g/mol. The lowest BCUT2D eigenvalue weighted by molar-refractivity contribution is -0.385. The van der Waals surface area contributed by atoms with Crippen molar-refractivity contribution in [1.29, 1.82) is 0 Å². The number of nitrogens with two attached hydrogens (primary N) is 1. The van der Waals surface area contributed by atoms with E-state index in [1.807, 2.05) is 0 Å². The summed E-state index contributed by atoms with van der Waals surface area (Å²) in [6.45, 7) is 1.69. The average Bonchev–Trinajstić information content (AvgIpc) is 2.42. The highest BCUT2D eigenvalue weighted by molar-refractivity contribution is 9.10. The number of hydrogen-bond acceptors (Lipinski definition) is 7. The Kier molecular flexibility index (Phi) is 4.11. The minimum atomic E-state index is -0.529. The molecule has 0 aliphatic carbocycles. The van der Waals surface area contributed by atoms with Gasteiger partial charge in [-0.15, -0.1) is 0 Å². The van der Waals surface area contributed by atoms with Gasteiger partial charge in [0.05, 0.1) is 15.0 Å². The van der Waals surface area contributed by atoms with Crippen LogP contribution in [0.25, 0.3) is 0 Å². The number of nitro groups is 1. The van der Waals surface area contributed by atoms with Crippen molar-refractivity contribution in [2.75, 3.05) is 5.43 Å². The van der Waals surface area contributed by atoms with E-state index in [0.717, 1.165) is 0 Å². The minimum Gasteiger partial charge on any atom is -0.430 e. The maximum absolute atomic E-state index is 11.0. The van der Waals surface area contributed by atoms with Crippen molar-refractivity contribution in [3.8, 4) is 11.6 Å². The van der Waals surface area contributed by atoms with E-state index in [-0.39, 0.29) is 17.3 Å². The topological polar surface area (TPSA) is 116 Å². The van der Waals surface area contributed by atoms with E-state index in [0.29, 0.717) is 15.9 Å².